The third kappa shape index (κ3) is 4.08. The van der Waals surface area contributed by atoms with Gasteiger partial charge in [-0.3, -0.25) is 14.6 Å². The molecule has 3 aromatic rings. The van der Waals surface area contributed by atoms with Gasteiger partial charge in [0.15, 0.2) is 5.11 Å². The maximum Gasteiger partial charge on any atom is 0.261 e. The number of aromatic nitrogens is 3. The molecule has 0 saturated carbocycles. The Bertz CT molecular complexity index is 1230. The molecule has 160 valence electrons. The summed E-state index contributed by atoms with van der Waals surface area (Å²) in [5.41, 5.74) is 0.274. The number of hydrogen-bond donors (Lipinski definition) is 2. The molecule has 31 heavy (non-hydrogen) atoms. The number of amides is 1. The van der Waals surface area contributed by atoms with Crippen LogP contribution in [0.1, 0.15) is 22.8 Å². The van der Waals surface area contributed by atoms with Gasteiger partial charge in [-0.2, -0.15) is 0 Å². The standard InChI is InChI=1S/C20H18Cl2N6O2S/c1-23-20(31)27-6-4-11(9-27)28-10-13(17(29)12-3-2-5-25-18(12)28)19(30)26-16-14(21)7-24-8-15(16)22/h2-3,5,7-8,10-11H,4,6,9H2,1H3,(H,23,31)(H,24,26,30)/t11-/m0/s1. The molecule has 1 amide bonds. The van der Waals surface area contributed by atoms with Crippen molar-refractivity contribution in [2.24, 2.45) is 0 Å². The Morgan fingerprint density at radius 2 is 2.03 bits per heavy atom. The molecule has 11 heteroatoms. The highest BCUT2D eigenvalue weighted by Crippen LogP contribution is 2.29. The van der Waals surface area contributed by atoms with E-state index < -0.39 is 11.3 Å². The third-order valence-electron chi connectivity index (χ3n) is 5.18. The van der Waals surface area contributed by atoms with E-state index in [2.05, 4.69) is 20.6 Å². The van der Waals surface area contributed by atoms with E-state index in [-0.39, 0.29) is 27.3 Å². The van der Waals surface area contributed by atoms with Crippen LogP contribution in [-0.2, 0) is 0 Å². The first kappa shape index (κ1) is 21.5. The van der Waals surface area contributed by atoms with E-state index >= 15 is 0 Å². The monoisotopic (exact) mass is 476 g/mol. The van der Waals surface area contributed by atoms with Crippen molar-refractivity contribution in [3.63, 3.8) is 0 Å². The largest absolute Gasteiger partial charge is 0.366 e. The topological polar surface area (TPSA) is 92.1 Å². The van der Waals surface area contributed by atoms with Gasteiger partial charge in [0, 0.05) is 44.9 Å². The summed E-state index contributed by atoms with van der Waals surface area (Å²) in [7, 11) is 1.78. The van der Waals surface area contributed by atoms with Crippen LogP contribution in [0.25, 0.3) is 11.0 Å². The highest BCUT2D eigenvalue weighted by molar-refractivity contribution is 7.80. The summed E-state index contributed by atoms with van der Waals surface area (Å²) < 4.78 is 1.87. The Hall–Kier alpha value is -2.75. The van der Waals surface area contributed by atoms with Crippen LogP contribution in [0.15, 0.2) is 41.7 Å². The minimum atomic E-state index is -0.611. The molecule has 1 fully saturated rings. The number of fused-ring (bicyclic) bond motifs is 1. The molecule has 3 aromatic heterocycles. The first-order valence-corrected chi connectivity index (χ1v) is 10.6. The fourth-order valence-corrected chi connectivity index (χ4v) is 4.27. The van der Waals surface area contributed by atoms with Gasteiger partial charge in [0.1, 0.15) is 11.2 Å². The summed E-state index contributed by atoms with van der Waals surface area (Å²) in [6.07, 6.45) is 6.69. The first-order valence-electron chi connectivity index (χ1n) is 9.47. The summed E-state index contributed by atoms with van der Waals surface area (Å²) in [4.78, 5) is 36.4. The second kappa shape index (κ2) is 8.78. The molecule has 1 atom stereocenters. The van der Waals surface area contributed by atoms with Crippen molar-refractivity contribution >= 4 is 63.2 Å². The van der Waals surface area contributed by atoms with Crippen molar-refractivity contribution in [1.82, 2.24) is 24.8 Å². The maximum absolute atomic E-state index is 13.1. The summed E-state index contributed by atoms with van der Waals surface area (Å²) in [6.45, 7) is 1.39. The number of nitrogens with one attached hydrogen (secondary N) is 2. The zero-order valence-corrected chi connectivity index (χ0v) is 18.8. The number of hydrogen-bond acceptors (Lipinski definition) is 5. The Balaban J connectivity index is 1.77. The van der Waals surface area contributed by atoms with Gasteiger partial charge in [0.25, 0.3) is 5.91 Å². The van der Waals surface area contributed by atoms with Gasteiger partial charge in [-0.25, -0.2) is 4.98 Å². The van der Waals surface area contributed by atoms with Crippen LogP contribution in [0.4, 0.5) is 5.69 Å². The van der Waals surface area contributed by atoms with E-state index in [0.29, 0.717) is 22.7 Å². The number of rotatable bonds is 3. The molecule has 1 aliphatic rings. The number of thiocarbonyl (C=S) groups is 1. The molecule has 0 unspecified atom stereocenters. The lowest BCUT2D eigenvalue weighted by atomic mass is 10.1. The lowest BCUT2D eigenvalue weighted by Crippen LogP contribution is -2.36. The normalized spacial score (nSPS) is 15.8. The minimum absolute atomic E-state index is 0.0102. The number of carbonyl (C=O) groups excluding carboxylic acids is 1. The van der Waals surface area contributed by atoms with Crippen molar-refractivity contribution in [2.45, 2.75) is 12.5 Å². The van der Waals surface area contributed by atoms with E-state index in [0.717, 1.165) is 13.0 Å². The number of anilines is 1. The predicted molar refractivity (Wildman–Crippen MR) is 125 cm³/mol. The average molecular weight is 477 g/mol. The molecule has 1 saturated heterocycles. The average Bonchev–Trinajstić information content (AvgIpc) is 3.26. The molecule has 8 nitrogen and oxygen atoms in total. The van der Waals surface area contributed by atoms with Gasteiger partial charge >= 0.3 is 0 Å². The molecule has 0 radical (unpaired) electrons. The van der Waals surface area contributed by atoms with Crippen LogP contribution in [0.3, 0.4) is 0 Å². The van der Waals surface area contributed by atoms with Crippen molar-refractivity contribution in [3.8, 4) is 0 Å². The molecule has 4 rings (SSSR count). The lowest BCUT2D eigenvalue weighted by molar-refractivity contribution is 0.102. The number of pyridine rings is 3. The Kier molecular flexibility index (Phi) is 6.08. The van der Waals surface area contributed by atoms with Crippen molar-refractivity contribution in [2.75, 3.05) is 25.5 Å². The van der Waals surface area contributed by atoms with Gasteiger partial charge in [0.05, 0.1) is 27.2 Å². The summed E-state index contributed by atoms with van der Waals surface area (Å²) in [5, 5.41) is 6.98. The molecule has 0 aromatic carbocycles. The van der Waals surface area contributed by atoms with Crippen LogP contribution in [0.2, 0.25) is 10.0 Å². The molecular formula is C20H18Cl2N6O2S. The van der Waals surface area contributed by atoms with E-state index in [1.54, 1.807) is 31.6 Å². The smallest absolute Gasteiger partial charge is 0.261 e. The first-order chi connectivity index (χ1) is 14.9. The van der Waals surface area contributed by atoms with Crippen LogP contribution in [0.5, 0.6) is 0 Å². The molecule has 2 N–H and O–H groups in total. The van der Waals surface area contributed by atoms with Crippen LogP contribution in [-0.4, -0.2) is 50.6 Å². The fraction of sp³-hybridized carbons (Fsp3) is 0.250. The van der Waals surface area contributed by atoms with E-state index in [1.807, 2.05) is 9.47 Å². The van der Waals surface area contributed by atoms with Gasteiger partial charge in [-0.05, 0) is 30.8 Å². The highest BCUT2D eigenvalue weighted by atomic mass is 35.5. The quantitative estimate of drug-likeness (QED) is 0.561. The molecule has 0 spiro atoms. The fourth-order valence-electron chi connectivity index (χ4n) is 3.65. The van der Waals surface area contributed by atoms with Crippen LogP contribution in [0, 0.1) is 0 Å². The highest BCUT2D eigenvalue weighted by Gasteiger charge is 2.28. The Labute approximate surface area is 193 Å². The molecular weight excluding hydrogens is 459 g/mol. The van der Waals surface area contributed by atoms with Gasteiger partial charge in [0.2, 0.25) is 5.43 Å². The van der Waals surface area contributed by atoms with Crippen LogP contribution < -0.4 is 16.1 Å². The van der Waals surface area contributed by atoms with Crippen molar-refractivity contribution in [1.29, 1.82) is 0 Å². The van der Waals surface area contributed by atoms with Crippen molar-refractivity contribution < 1.29 is 4.79 Å². The van der Waals surface area contributed by atoms with Gasteiger partial charge < -0.3 is 20.1 Å². The molecule has 1 aliphatic heterocycles. The third-order valence-corrected chi connectivity index (χ3v) is 6.22. The lowest BCUT2D eigenvalue weighted by Gasteiger charge is -2.21. The zero-order valence-electron chi connectivity index (χ0n) is 16.4. The summed E-state index contributed by atoms with van der Waals surface area (Å²) in [6, 6.07) is 3.32. The van der Waals surface area contributed by atoms with E-state index in [4.69, 9.17) is 35.4 Å². The molecule has 0 bridgehead atoms. The minimum Gasteiger partial charge on any atom is -0.366 e. The van der Waals surface area contributed by atoms with Gasteiger partial charge in [-0.1, -0.05) is 23.2 Å². The predicted octanol–water partition coefficient (Wildman–Crippen LogP) is 3.10. The Morgan fingerprint density at radius 3 is 2.74 bits per heavy atom. The van der Waals surface area contributed by atoms with Gasteiger partial charge in [-0.15, -0.1) is 0 Å². The number of nitrogens with zero attached hydrogens (tertiary/aromatic N) is 4. The van der Waals surface area contributed by atoms with Crippen LogP contribution >= 0.6 is 35.4 Å². The second-order valence-corrected chi connectivity index (χ2v) is 8.23. The summed E-state index contributed by atoms with van der Waals surface area (Å²) >= 11 is 17.6. The number of carbonyl (C=O) groups is 1. The maximum atomic E-state index is 13.1. The number of halogens is 2. The SMILES string of the molecule is CNC(=S)N1CC[C@H](n2cc(C(=O)Nc3c(Cl)cncc3Cl)c(=O)c3cccnc32)C1. The van der Waals surface area contributed by atoms with Crippen molar-refractivity contribution in [3.05, 3.63) is 62.8 Å². The molecule has 0 aliphatic carbocycles. The second-order valence-electron chi connectivity index (χ2n) is 7.03. The molecule has 4 heterocycles. The number of likely N-dealkylation sites (tertiary alicyclic amines) is 1. The van der Waals surface area contributed by atoms with E-state index in [9.17, 15) is 9.59 Å². The Morgan fingerprint density at radius 1 is 1.29 bits per heavy atom. The van der Waals surface area contributed by atoms with E-state index in [1.165, 1.54) is 12.4 Å². The summed E-state index contributed by atoms with van der Waals surface area (Å²) in [5.74, 6) is -0.611. The zero-order chi connectivity index (χ0) is 22.1.